The van der Waals surface area contributed by atoms with Crippen LogP contribution in [0.4, 0.5) is 9.18 Å². The Morgan fingerprint density at radius 1 is 1.45 bits per heavy atom. The van der Waals surface area contributed by atoms with Crippen molar-refractivity contribution in [2.24, 2.45) is 0 Å². The summed E-state index contributed by atoms with van der Waals surface area (Å²) in [6, 6.07) is 4.67. The summed E-state index contributed by atoms with van der Waals surface area (Å²) in [5, 5.41) is -0.548. The van der Waals surface area contributed by atoms with Crippen molar-refractivity contribution < 1.29 is 23.5 Å². The Hall–Kier alpha value is -2.15. The molecule has 1 aliphatic heterocycles. The number of carbonyl (C=O) groups is 3. The van der Waals surface area contributed by atoms with Crippen LogP contribution in [0.15, 0.2) is 29.2 Å². The lowest BCUT2D eigenvalue weighted by Crippen LogP contribution is -2.42. The van der Waals surface area contributed by atoms with Crippen molar-refractivity contribution in [3.8, 4) is 0 Å². The molecule has 0 radical (unpaired) electrons. The molecule has 0 spiro atoms. The maximum Gasteiger partial charge on any atom is 0.329 e. The zero-order valence-electron chi connectivity index (χ0n) is 12.0. The first-order valence-corrected chi connectivity index (χ1v) is 7.45. The lowest BCUT2D eigenvalue weighted by Gasteiger charge is -2.19. The fourth-order valence-corrected chi connectivity index (χ4v) is 2.84. The van der Waals surface area contributed by atoms with Gasteiger partial charge in [0.15, 0.2) is 0 Å². The summed E-state index contributed by atoms with van der Waals surface area (Å²) in [5.74, 6) is -1.66. The minimum Gasteiger partial charge on any atom is -0.464 e. The molecule has 0 bridgehead atoms. The molecule has 0 aliphatic carbocycles. The Bertz CT molecular complexity index is 659. The minimum absolute atomic E-state index is 0.145. The number of ether oxygens (including phenoxy) is 1. The van der Waals surface area contributed by atoms with E-state index < -0.39 is 29.0 Å². The highest BCUT2D eigenvalue weighted by molar-refractivity contribution is 8.18. The molecule has 5 nitrogen and oxygen atoms in total. The number of carbonyl (C=O) groups excluding carboxylic acids is 3. The third kappa shape index (κ3) is 3.36. The van der Waals surface area contributed by atoms with E-state index in [-0.39, 0.29) is 11.5 Å². The van der Waals surface area contributed by atoms with E-state index in [0.717, 1.165) is 4.90 Å². The number of esters is 1. The number of hydrogen-bond acceptors (Lipinski definition) is 5. The summed E-state index contributed by atoms with van der Waals surface area (Å²) in [7, 11) is 0. The van der Waals surface area contributed by atoms with Crippen LogP contribution in [0.5, 0.6) is 0 Å². The largest absolute Gasteiger partial charge is 0.464 e. The number of imide groups is 1. The van der Waals surface area contributed by atoms with Crippen molar-refractivity contribution in [1.82, 2.24) is 4.90 Å². The summed E-state index contributed by atoms with van der Waals surface area (Å²) in [5.41, 5.74) is 0.467. The number of nitrogens with zero attached hydrogens (tertiary/aromatic N) is 1. The first kappa shape index (κ1) is 16.2. The van der Waals surface area contributed by atoms with Gasteiger partial charge in [-0.2, -0.15) is 0 Å². The SMILES string of the molecule is CCOC(=O)[C@H](C)N1C(=O)S/C(=C\c2cccc(F)c2)C1=O. The van der Waals surface area contributed by atoms with Crippen molar-refractivity contribution in [2.75, 3.05) is 6.61 Å². The molecule has 0 N–H and O–H groups in total. The van der Waals surface area contributed by atoms with Gasteiger partial charge in [-0.05, 0) is 49.4 Å². The molecule has 1 heterocycles. The summed E-state index contributed by atoms with van der Waals surface area (Å²) >= 11 is 0.715. The van der Waals surface area contributed by atoms with Crippen LogP contribution in [0.1, 0.15) is 19.4 Å². The molecule has 0 saturated carbocycles. The van der Waals surface area contributed by atoms with Gasteiger partial charge in [0.05, 0.1) is 11.5 Å². The zero-order chi connectivity index (χ0) is 16.3. The predicted octanol–water partition coefficient (Wildman–Crippen LogP) is 2.81. The number of halogens is 1. The lowest BCUT2D eigenvalue weighted by molar-refractivity contribution is -0.150. The van der Waals surface area contributed by atoms with Crippen molar-refractivity contribution in [3.63, 3.8) is 0 Å². The van der Waals surface area contributed by atoms with Crippen LogP contribution in [0, 0.1) is 5.82 Å². The Kier molecular flexibility index (Phi) is 4.97. The van der Waals surface area contributed by atoms with Crippen molar-refractivity contribution in [2.45, 2.75) is 19.9 Å². The molecule has 1 atom stereocenters. The quantitative estimate of drug-likeness (QED) is 0.630. The Morgan fingerprint density at radius 3 is 2.82 bits per heavy atom. The molecule has 2 amide bonds. The third-order valence-corrected chi connectivity index (χ3v) is 3.87. The van der Waals surface area contributed by atoms with Gasteiger partial charge in [-0.3, -0.25) is 14.5 Å². The van der Waals surface area contributed by atoms with Crippen LogP contribution in [-0.2, 0) is 14.3 Å². The lowest BCUT2D eigenvalue weighted by atomic mass is 10.2. The van der Waals surface area contributed by atoms with Gasteiger partial charge in [-0.1, -0.05) is 12.1 Å². The van der Waals surface area contributed by atoms with Gasteiger partial charge in [0, 0.05) is 0 Å². The van der Waals surface area contributed by atoms with E-state index in [4.69, 9.17) is 4.74 Å². The standard InChI is InChI=1S/C15H14FNO4S/c1-3-21-14(19)9(2)17-13(18)12(22-15(17)20)8-10-5-4-6-11(16)7-10/h4-9H,3H2,1-2H3/b12-8-/t9-/m0/s1. The molecule has 2 rings (SSSR count). The first-order chi connectivity index (χ1) is 10.4. The fraction of sp³-hybridized carbons (Fsp3) is 0.267. The second-order valence-corrected chi connectivity index (χ2v) is 5.53. The van der Waals surface area contributed by atoms with Gasteiger partial charge >= 0.3 is 5.97 Å². The highest BCUT2D eigenvalue weighted by Gasteiger charge is 2.41. The highest BCUT2D eigenvalue weighted by atomic mass is 32.2. The van der Waals surface area contributed by atoms with E-state index in [1.54, 1.807) is 13.0 Å². The monoisotopic (exact) mass is 323 g/mol. The summed E-state index contributed by atoms with van der Waals surface area (Å²) in [4.78, 5) is 36.9. The van der Waals surface area contributed by atoms with Gasteiger partial charge in [-0.15, -0.1) is 0 Å². The first-order valence-electron chi connectivity index (χ1n) is 6.63. The van der Waals surface area contributed by atoms with Crippen LogP contribution in [0.3, 0.4) is 0 Å². The van der Waals surface area contributed by atoms with E-state index in [1.165, 1.54) is 31.2 Å². The summed E-state index contributed by atoms with van der Waals surface area (Å²) in [6.07, 6.45) is 1.42. The van der Waals surface area contributed by atoms with Gasteiger partial charge in [0.25, 0.3) is 11.1 Å². The van der Waals surface area contributed by atoms with Crippen molar-refractivity contribution >= 4 is 35.0 Å². The maximum atomic E-state index is 13.2. The Balaban J connectivity index is 2.23. The van der Waals surface area contributed by atoms with Crippen molar-refractivity contribution in [1.29, 1.82) is 0 Å². The van der Waals surface area contributed by atoms with E-state index >= 15 is 0 Å². The molecule has 0 unspecified atom stereocenters. The molecule has 1 aromatic carbocycles. The predicted molar refractivity (Wildman–Crippen MR) is 80.3 cm³/mol. The van der Waals surface area contributed by atoms with Crippen molar-refractivity contribution in [3.05, 3.63) is 40.6 Å². The van der Waals surface area contributed by atoms with Crippen LogP contribution in [0.2, 0.25) is 0 Å². The van der Waals surface area contributed by atoms with Gasteiger partial charge in [0.2, 0.25) is 0 Å². The second kappa shape index (κ2) is 6.74. The van der Waals surface area contributed by atoms with Gasteiger partial charge in [0.1, 0.15) is 11.9 Å². The molecule has 1 saturated heterocycles. The average Bonchev–Trinajstić information content (AvgIpc) is 2.73. The maximum absolute atomic E-state index is 13.2. The molecule has 1 aliphatic rings. The van der Waals surface area contributed by atoms with Crippen LogP contribution >= 0.6 is 11.8 Å². The smallest absolute Gasteiger partial charge is 0.329 e. The summed E-state index contributed by atoms with van der Waals surface area (Å²) in [6.45, 7) is 3.24. The topological polar surface area (TPSA) is 63.7 Å². The molecular weight excluding hydrogens is 309 g/mol. The molecule has 0 aromatic heterocycles. The number of benzene rings is 1. The highest BCUT2D eigenvalue weighted by Crippen LogP contribution is 2.33. The Labute approximate surface area is 131 Å². The van der Waals surface area contributed by atoms with E-state index in [0.29, 0.717) is 17.3 Å². The third-order valence-electron chi connectivity index (χ3n) is 2.98. The molecule has 1 fully saturated rings. The molecule has 1 aromatic rings. The normalized spacial score (nSPS) is 18.0. The zero-order valence-corrected chi connectivity index (χ0v) is 12.9. The average molecular weight is 323 g/mol. The molecule has 22 heavy (non-hydrogen) atoms. The number of rotatable bonds is 4. The van der Waals surface area contributed by atoms with E-state index in [9.17, 15) is 18.8 Å². The summed E-state index contributed by atoms with van der Waals surface area (Å²) < 4.78 is 18.0. The molecule has 7 heteroatoms. The number of thioether (sulfide) groups is 1. The van der Waals surface area contributed by atoms with E-state index in [1.807, 2.05) is 0 Å². The van der Waals surface area contributed by atoms with Gasteiger partial charge in [-0.25, -0.2) is 9.18 Å². The number of hydrogen-bond donors (Lipinski definition) is 0. The fourth-order valence-electron chi connectivity index (χ4n) is 1.93. The van der Waals surface area contributed by atoms with Crippen LogP contribution in [0.25, 0.3) is 6.08 Å². The van der Waals surface area contributed by atoms with Crippen LogP contribution < -0.4 is 0 Å². The Morgan fingerprint density at radius 2 is 2.18 bits per heavy atom. The number of amides is 2. The van der Waals surface area contributed by atoms with Gasteiger partial charge < -0.3 is 4.74 Å². The second-order valence-electron chi connectivity index (χ2n) is 4.53. The molecule has 116 valence electrons. The van der Waals surface area contributed by atoms with Crippen LogP contribution in [-0.4, -0.2) is 34.7 Å². The minimum atomic E-state index is -0.995. The van der Waals surface area contributed by atoms with E-state index in [2.05, 4.69) is 0 Å². The molecular formula is C15H14FNO4S.